The number of aromatic amines is 1. The lowest BCUT2D eigenvalue weighted by Crippen LogP contribution is -2.75. The van der Waals surface area contributed by atoms with E-state index in [4.69, 9.17) is 14.2 Å². The molecule has 260 valence electrons. The largest absolute Gasteiger partial charge is 0.504 e. The van der Waals surface area contributed by atoms with Crippen LogP contribution < -0.4 is 14.2 Å². The van der Waals surface area contributed by atoms with Gasteiger partial charge in [0.25, 0.3) is 0 Å². The number of hydrogen-bond donors (Lipinski definition) is 4. The molecule has 5 heterocycles. The van der Waals surface area contributed by atoms with Gasteiger partial charge in [-0.05, 0) is 111 Å². The normalized spacial score (nSPS) is 40.7. The Kier molecular flexibility index (Phi) is 4.92. The maximum atomic E-state index is 13.6. The third kappa shape index (κ3) is 2.94. The van der Waals surface area contributed by atoms with E-state index in [0.29, 0.717) is 18.6 Å². The number of nitrogens with zero attached hydrogens (tertiary/aromatic N) is 2. The third-order valence-electron chi connectivity index (χ3n) is 15.9. The molecule has 4 aliphatic heterocycles. The molecule has 10 aliphatic rings. The molecule has 6 aliphatic carbocycles. The highest BCUT2D eigenvalue weighted by Crippen LogP contribution is 2.73. The highest BCUT2D eigenvalue weighted by atomic mass is 16.5. The molecule has 50 heavy (non-hydrogen) atoms. The number of ether oxygens (including phenoxy) is 3. The van der Waals surface area contributed by atoms with E-state index < -0.39 is 34.2 Å². The van der Waals surface area contributed by atoms with Gasteiger partial charge in [-0.1, -0.05) is 12.1 Å². The van der Waals surface area contributed by atoms with Crippen molar-refractivity contribution in [2.45, 2.75) is 111 Å². The van der Waals surface area contributed by atoms with Crippen LogP contribution in [0.4, 0.5) is 0 Å². The summed E-state index contributed by atoms with van der Waals surface area (Å²) in [4.78, 5) is 9.17. The van der Waals surface area contributed by atoms with Crippen LogP contribution >= 0.6 is 0 Å². The summed E-state index contributed by atoms with van der Waals surface area (Å²) in [5.74, 6) is 3.68. The first kappa shape index (κ1) is 28.4. The van der Waals surface area contributed by atoms with Gasteiger partial charge in [0, 0.05) is 49.1 Å². The van der Waals surface area contributed by atoms with E-state index in [9.17, 15) is 15.3 Å². The number of hydrogen-bond acceptors (Lipinski definition) is 8. The Morgan fingerprint density at radius 1 is 0.760 bits per heavy atom. The summed E-state index contributed by atoms with van der Waals surface area (Å²) in [7, 11) is 1.71. The standard InChI is InChI=1S/C41H45N3O6/c1-48-27-9-7-23-15-29-41(47)17-25-24-16-40(46)28-14-22-6-8-26(45)34-30(22)38(40,10-12-43(28)18-20-2-3-20)36(49-34)32(24)42-33(25)37-39(41,31(23)35(27)50-37)11-13-44(29)19-21-4-5-21/h6-9,20-21,28-29,36-37,42,45-47H,2-5,10-19H2,1H3/t28-,29-,36+,37+,38+,39+,40-,41-/m1/s1. The zero-order chi connectivity index (χ0) is 33.1. The first-order valence-corrected chi connectivity index (χ1v) is 19.3. The summed E-state index contributed by atoms with van der Waals surface area (Å²) in [6.07, 6.45) is 8.44. The van der Waals surface area contributed by atoms with Crippen molar-refractivity contribution >= 4 is 0 Å². The second-order valence-corrected chi connectivity index (χ2v) is 17.9. The average molecular weight is 676 g/mol. The molecular weight excluding hydrogens is 630 g/mol. The van der Waals surface area contributed by atoms with Gasteiger partial charge < -0.3 is 34.5 Å². The van der Waals surface area contributed by atoms with E-state index >= 15 is 0 Å². The minimum absolute atomic E-state index is 0.0129. The van der Waals surface area contributed by atoms with E-state index in [-0.39, 0.29) is 17.8 Å². The van der Waals surface area contributed by atoms with E-state index in [1.54, 1.807) is 13.2 Å². The Labute approximate surface area is 291 Å². The summed E-state index contributed by atoms with van der Waals surface area (Å²) in [5.41, 5.74) is 5.55. The Hall–Kier alpha value is -3.24. The fraction of sp³-hybridized carbons (Fsp3) is 0.610. The van der Waals surface area contributed by atoms with E-state index in [1.165, 1.54) is 36.8 Å². The Bertz CT molecular complexity index is 2070. The fourth-order valence-electron chi connectivity index (χ4n) is 13.5. The molecule has 3 aromatic rings. The highest BCUT2D eigenvalue weighted by Gasteiger charge is 2.76. The molecule has 2 spiro atoms. The number of benzene rings is 2. The van der Waals surface area contributed by atoms with Gasteiger partial charge in [-0.15, -0.1) is 0 Å². The molecule has 4 N–H and O–H groups in total. The van der Waals surface area contributed by atoms with Crippen LogP contribution in [0.15, 0.2) is 24.3 Å². The smallest absolute Gasteiger partial charge is 0.166 e. The van der Waals surface area contributed by atoms with Gasteiger partial charge in [0.05, 0.1) is 40.5 Å². The summed E-state index contributed by atoms with van der Waals surface area (Å²) in [6, 6.07) is 8.08. The van der Waals surface area contributed by atoms with Crippen molar-refractivity contribution in [3.63, 3.8) is 0 Å². The minimum Gasteiger partial charge on any atom is -0.504 e. The zero-order valence-corrected chi connectivity index (χ0v) is 28.6. The fourth-order valence-corrected chi connectivity index (χ4v) is 13.5. The number of aromatic nitrogens is 1. The molecule has 1 aromatic heterocycles. The van der Waals surface area contributed by atoms with Gasteiger partial charge in [-0.25, -0.2) is 0 Å². The van der Waals surface area contributed by atoms with Crippen LogP contribution in [0, 0.1) is 11.8 Å². The molecule has 9 heteroatoms. The number of aliphatic hydroxyl groups is 2. The van der Waals surface area contributed by atoms with Crippen molar-refractivity contribution in [2.24, 2.45) is 11.8 Å². The van der Waals surface area contributed by atoms with Gasteiger partial charge in [-0.2, -0.15) is 0 Å². The lowest BCUT2D eigenvalue weighted by atomic mass is 9.47. The summed E-state index contributed by atoms with van der Waals surface area (Å²) >= 11 is 0. The van der Waals surface area contributed by atoms with Gasteiger partial charge in [0.15, 0.2) is 35.2 Å². The van der Waals surface area contributed by atoms with Crippen LogP contribution in [-0.4, -0.2) is 86.7 Å². The molecule has 9 nitrogen and oxygen atoms in total. The SMILES string of the molecule is COc1ccc2c3c1O[C@H]1c4[nH]c5c(c4C[C@@]4(O)[C@@H](C2)N(CC2CC2)CC[C@]314)C[C@@]1(O)[C@H]2Cc3ccc(O)c4c3[C@@]1(CCN2CC1CC1)[C@H]5O4. The maximum Gasteiger partial charge on any atom is 0.166 e. The zero-order valence-electron chi connectivity index (χ0n) is 28.6. The molecule has 0 unspecified atom stereocenters. The van der Waals surface area contributed by atoms with Gasteiger partial charge in [0.1, 0.15) is 0 Å². The Balaban J connectivity index is 1.03. The van der Waals surface area contributed by atoms with Crippen LogP contribution in [0.25, 0.3) is 0 Å². The molecule has 2 saturated heterocycles. The van der Waals surface area contributed by atoms with Crippen molar-refractivity contribution in [3.8, 4) is 23.0 Å². The number of methoxy groups -OCH3 is 1. The van der Waals surface area contributed by atoms with Gasteiger partial charge >= 0.3 is 0 Å². The predicted octanol–water partition coefficient (Wildman–Crippen LogP) is 4.13. The summed E-state index contributed by atoms with van der Waals surface area (Å²) in [6.45, 7) is 3.94. The molecule has 2 aromatic carbocycles. The van der Waals surface area contributed by atoms with E-state index in [2.05, 4.69) is 33.0 Å². The van der Waals surface area contributed by atoms with Crippen LogP contribution in [0.1, 0.15) is 95.5 Å². The van der Waals surface area contributed by atoms with Crippen molar-refractivity contribution < 1.29 is 29.5 Å². The van der Waals surface area contributed by atoms with Gasteiger partial charge in [0.2, 0.25) is 0 Å². The highest BCUT2D eigenvalue weighted by molar-refractivity contribution is 5.68. The number of H-pyrrole nitrogens is 1. The average Bonchev–Trinajstić information content (AvgIpc) is 4.00. The number of likely N-dealkylation sites (tertiary alicyclic amines) is 2. The molecule has 4 bridgehead atoms. The monoisotopic (exact) mass is 675 g/mol. The Morgan fingerprint density at radius 2 is 1.28 bits per heavy atom. The number of phenolic OH excluding ortho intramolecular Hbond substituents is 1. The number of phenols is 1. The van der Waals surface area contributed by atoms with Crippen molar-refractivity contribution in [2.75, 3.05) is 33.3 Å². The van der Waals surface area contributed by atoms with Crippen LogP contribution in [0.2, 0.25) is 0 Å². The van der Waals surface area contributed by atoms with Crippen molar-refractivity contribution in [3.05, 3.63) is 69.0 Å². The summed E-state index contributed by atoms with van der Waals surface area (Å²) in [5, 5.41) is 38.4. The quantitative estimate of drug-likeness (QED) is 0.320. The number of aromatic hydroxyl groups is 1. The first-order valence-electron chi connectivity index (χ1n) is 19.3. The molecule has 2 saturated carbocycles. The second kappa shape index (κ2) is 8.68. The molecule has 0 radical (unpaired) electrons. The lowest BCUT2D eigenvalue weighted by Gasteiger charge is -2.63. The van der Waals surface area contributed by atoms with Crippen LogP contribution in [0.5, 0.6) is 23.0 Å². The summed E-state index contributed by atoms with van der Waals surface area (Å²) < 4.78 is 20.0. The van der Waals surface area contributed by atoms with Crippen molar-refractivity contribution in [1.29, 1.82) is 0 Å². The maximum absolute atomic E-state index is 13.6. The van der Waals surface area contributed by atoms with E-state index in [0.717, 1.165) is 109 Å². The number of piperidine rings is 2. The van der Waals surface area contributed by atoms with Crippen LogP contribution in [-0.2, 0) is 36.5 Å². The minimum atomic E-state index is -1.08. The predicted molar refractivity (Wildman–Crippen MR) is 182 cm³/mol. The number of rotatable bonds is 5. The van der Waals surface area contributed by atoms with E-state index in [1.807, 2.05) is 0 Å². The second-order valence-electron chi connectivity index (χ2n) is 17.9. The molecule has 0 amide bonds. The molecule has 13 rings (SSSR count). The van der Waals surface area contributed by atoms with Gasteiger partial charge in [-0.3, -0.25) is 9.80 Å². The lowest BCUT2D eigenvalue weighted by molar-refractivity contribution is -0.176. The van der Waals surface area contributed by atoms with Crippen LogP contribution in [0.3, 0.4) is 0 Å². The Morgan fingerprint density at radius 3 is 1.82 bits per heavy atom. The number of fused-ring (bicyclic) bond motifs is 5. The molecule has 8 atom stereocenters. The number of nitrogens with one attached hydrogen (secondary N) is 1. The topological polar surface area (TPSA) is 111 Å². The third-order valence-corrected chi connectivity index (χ3v) is 15.9. The molecule has 4 fully saturated rings. The van der Waals surface area contributed by atoms with Crippen molar-refractivity contribution in [1.82, 2.24) is 14.8 Å². The molecular formula is C41H45N3O6. The first-order chi connectivity index (χ1) is 24.3.